The third-order valence-corrected chi connectivity index (χ3v) is 34.2. The summed E-state index contributed by atoms with van der Waals surface area (Å²) in [5, 5.41) is 11.5. The van der Waals surface area contributed by atoms with E-state index in [1.54, 1.807) is 36.3 Å². The Bertz CT molecular complexity index is 1420. The third kappa shape index (κ3) is 10.5. The predicted octanol–water partition coefficient (Wildman–Crippen LogP) is 7.27. The molecule has 4 rings (SSSR count). The molecule has 0 saturated heterocycles. The molecule has 0 aromatic heterocycles. The van der Waals surface area contributed by atoms with Crippen molar-refractivity contribution in [2.24, 2.45) is 0 Å². The van der Waals surface area contributed by atoms with Crippen molar-refractivity contribution in [3.8, 4) is 0 Å². The van der Waals surface area contributed by atoms with Crippen LogP contribution in [0.5, 0.6) is 0 Å². The molecule has 0 atom stereocenters. The summed E-state index contributed by atoms with van der Waals surface area (Å²) in [6.07, 6.45) is 0. The summed E-state index contributed by atoms with van der Waals surface area (Å²) in [6, 6.07) is 50.6. The molecule has 0 radical (unpaired) electrons. The minimum atomic E-state index is -1.86. The van der Waals surface area contributed by atoms with Gasteiger partial charge in [-0.1, -0.05) is 254 Å². The van der Waals surface area contributed by atoms with Crippen LogP contribution in [0.2, 0.25) is 115 Å². The lowest BCUT2D eigenvalue weighted by Gasteiger charge is -2.39. The van der Waals surface area contributed by atoms with Crippen LogP contribution in [0.4, 0.5) is 0 Å². The van der Waals surface area contributed by atoms with Crippen LogP contribution in [0.1, 0.15) is 0 Å². The Kier molecular flexibility index (Phi) is 13.8. The van der Waals surface area contributed by atoms with Gasteiger partial charge in [0, 0.05) is 0 Å². The first-order chi connectivity index (χ1) is 23.0. The van der Waals surface area contributed by atoms with E-state index in [1.807, 2.05) is 0 Å². The van der Waals surface area contributed by atoms with E-state index < -0.39 is 58.7 Å². The van der Waals surface area contributed by atoms with Crippen molar-refractivity contribution in [2.45, 2.75) is 115 Å². The van der Waals surface area contributed by atoms with Crippen molar-refractivity contribution in [2.75, 3.05) is 0 Å². The van der Waals surface area contributed by atoms with Crippen molar-refractivity contribution < 1.29 is 0 Å². The molecule has 0 heterocycles. The first-order valence-electron chi connectivity index (χ1n) is 19.3. The molecule has 0 spiro atoms. The van der Waals surface area contributed by atoms with Gasteiger partial charge in [0.25, 0.3) is 0 Å². The van der Waals surface area contributed by atoms with Crippen molar-refractivity contribution >= 4 is 95.0 Å². The SMILES string of the molecule is C[SiH](C)c1ccc([Si](C)(C)CC[Si](CC[Si](C)(C)c2ccc([SiH](C)C)cc2)(CC[Si](C)(C)c2ccc([SiH](C)C)cc2)c2ccccc2)cc1. The molecule has 0 N–H and O–H groups in total. The molecule has 0 aliphatic rings. The molecule has 0 saturated carbocycles. The van der Waals surface area contributed by atoms with E-state index >= 15 is 0 Å². The summed E-state index contributed by atoms with van der Waals surface area (Å²) in [5.74, 6) is 0. The zero-order chi connectivity index (χ0) is 36.0. The lowest BCUT2D eigenvalue weighted by atomic mass is 10.4. The molecule has 0 nitrogen and oxygen atoms in total. The van der Waals surface area contributed by atoms with Crippen LogP contribution in [0.3, 0.4) is 0 Å². The van der Waals surface area contributed by atoms with Crippen LogP contribution >= 0.6 is 0 Å². The summed E-state index contributed by atoms with van der Waals surface area (Å²) in [7, 11) is -9.02. The zero-order valence-electron chi connectivity index (χ0n) is 33.3. The monoisotopic (exact) mass is 768 g/mol. The summed E-state index contributed by atoms with van der Waals surface area (Å²) in [5.41, 5.74) is 0. The van der Waals surface area contributed by atoms with E-state index in [-0.39, 0.29) is 0 Å². The lowest BCUT2D eigenvalue weighted by molar-refractivity contribution is 1.14. The molecule has 0 aliphatic carbocycles. The highest BCUT2D eigenvalue weighted by atomic mass is 28.3. The maximum absolute atomic E-state index is 2.66. The van der Waals surface area contributed by atoms with Gasteiger partial charge in [0.15, 0.2) is 0 Å². The Morgan fingerprint density at radius 1 is 0.327 bits per heavy atom. The Morgan fingerprint density at radius 3 is 0.837 bits per heavy atom. The quantitative estimate of drug-likeness (QED) is 0.105. The molecule has 0 amide bonds. The standard InChI is InChI=1S/C42H68Si7/c1-43(2)36-18-24-39(25-19-36)46(7,8)30-33-49(42-16-14-13-15-17-42,34-31-47(9,10)40-26-20-37(21-27-40)44(3)4)35-32-48(11,12)41-28-22-38(23-29-41)45(5)6/h13-29,43-45H,30-35H2,1-12H3. The van der Waals surface area contributed by atoms with Crippen LogP contribution < -0.4 is 36.3 Å². The third-order valence-electron chi connectivity index (χ3n) is 12.1. The molecule has 0 bridgehead atoms. The van der Waals surface area contributed by atoms with Gasteiger partial charge in [-0.15, -0.1) is 0 Å². The van der Waals surface area contributed by atoms with Gasteiger partial charge in [-0.2, -0.15) is 0 Å². The van der Waals surface area contributed by atoms with Crippen LogP contribution in [0.15, 0.2) is 103 Å². The van der Waals surface area contributed by atoms with Gasteiger partial charge in [-0.25, -0.2) is 0 Å². The van der Waals surface area contributed by atoms with E-state index in [2.05, 4.69) is 182 Å². The first-order valence-corrected chi connectivity index (χ1v) is 40.2. The number of benzene rings is 4. The minimum Gasteiger partial charge on any atom is -0.0682 e. The largest absolute Gasteiger partial charge is 0.0859 e. The van der Waals surface area contributed by atoms with Gasteiger partial charge in [0.05, 0.1) is 58.7 Å². The van der Waals surface area contributed by atoms with E-state index in [4.69, 9.17) is 0 Å². The van der Waals surface area contributed by atoms with Gasteiger partial charge in [-0.05, 0) is 0 Å². The van der Waals surface area contributed by atoms with Gasteiger partial charge < -0.3 is 0 Å². The van der Waals surface area contributed by atoms with E-state index in [1.165, 1.54) is 36.3 Å². The van der Waals surface area contributed by atoms with E-state index in [9.17, 15) is 0 Å². The van der Waals surface area contributed by atoms with Crippen LogP contribution in [-0.4, -0.2) is 58.7 Å². The molecule has 0 fully saturated rings. The van der Waals surface area contributed by atoms with Crippen molar-refractivity contribution in [1.29, 1.82) is 0 Å². The second-order valence-electron chi connectivity index (χ2n) is 18.1. The average Bonchev–Trinajstić information content (AvgIpc) is 3.08. The summed E-state index contributed by atoms with van der Waals surface area (Å²) < 4.78 is 0. The fraction of sp³-hybridized carbons (Fsp3) is 0.429. The minimum absolute atomic E-state index is 0.775. The Balaban J connectivity index is 1.70. The highest BCUT2D eigenvalue weighted by Gasteiger charge is 2.41. The van der Waals surface area contributed by atoms with Crippen molar-refractivity contribution in [3.05, 3.63) is 103 Å². The maximum Gasteiger partial charge on any atom is 0.0859 e. The van der Waals surface area contributed by atoms with Crippen LogP contribution in [0, 0.1) is 0 Å². The topological polar surface area (TPSA) is 0 Å². The Morgan fingerprint density at radius 2 is 0.592 bits per heavy atom. The number of hydrogen-bond donors (Lipinski definition) is 0. The highest BCUT2D eigenvalue weighted by molar-refractivity contribution is 6.99. The lowest BCUT2D eigenvalue weighted by Crippen LogP contribution is -2.54. The maximum atomic E-state index is 2.66. The molecule has 4 aromatic rings. The molecule has 7 heteroatoms. The second-order valence-corrected chi connectivity index (χ2v) is 46.2. The van der Waals surface area contributed by atoms with Gasteiger partial charge in [0.1, 0.15) is 0 Å². The smallest absolute Gasteiger partial charge is 0.0682 e. The summed E-state index contributed by atoms with van der Waals surface area (Å²) in [6.45, 7) is 30.7. The molecule has 4 aromatic carbocycles. The normalized spacial score (nSPS) is 13.1. The molecule has 0 aliphatic heterocycles. The molecule has 0 unspecified atom stereocenters. The molecular weight excluding hydrogens is 701 g/mol. The van der Waals surface area contributed by atoms with Gasteiger partial charge in [0.2, 0.25) is 0 Å². The van der Waals surface area contributed by atoms with E-state index in [0.29, 0.717) is 0 Å². The summed E-state index contributed by atoms with van der Waals surface area (Å²) in [4.78, 5) is 0. The number of rotatable bonds is 16. The number of hydrogen-bond acceptors (Lipinski definition) is 0. The predicted molar refractivity (Wildman–Crippen MR) is 247 cm³/mol. The van der Waals surface area contributed by atoms with Gasteiger partial charge >= 0.3 is 0 Å². The fourth-order valence-corrected chi connectivity index (χ4v) is 30.4. The van der Waals surface area contributed by atoms with Crippen molar-refractivity contribution in [3.63, 3.8) is 0 Å². The Hall–Kier alpha value is -1.60. The van der Waals surface area contributed by atoms with E-state index in [0.717, 1.165) is 0 Å². The van der Waals surface area contributed by atoms with Crippen LogP contribution in [-0.2, 0) is 0 Å². The fourth-order valence-electron chi connectivity index (χ4n) is 7.65. The molecule has 49 heavy (non-hydrogen) atoms. The molecular formula is C42H68Si7. The molecule has 264 valence electrons. The second kappa shape index (κ2) is 16.8. The zero-order valence-corrected chi connectivity index (χ0v) is 40.8. The van der Waals surface area contributed by atoms with Crippen molar-refractivity contribution in [1.82, 2.24) is 0 Å². The van der Waals surface area contributed by atoms with Gasteiger partial charge in [-0.3, -0.25) is 0 Å². The summed E-state index contributed by atoms with van der Waals surface area (Å²) >= 11 is 0. The average molecular weight is 770 g/mol. The first kappa shape index (κ1) is 40.2. The van der Waals surface area contributed by atoms with Crippen LogP contribution in [0.25, 0.3) is 0 Å². The highest BCUT2D eigenvalue weighted by Crippen LogP contribution is 2.34. The Labute approximate surface area is 311 Å².